The van der Waals surface area contributed by atoms with Crippen LogP contribution < -0.4 is 5.73 Å². The first kappa shape index (κ1) is 13.5. The van der Waals surface area contributed by atoms with Crippen molar-refractivity contribution in [2.45, 2.75) is 25.0 Å². The van der Waals surface area contributed by atoms with Crippen LogP contribution in [-0.4, -0.2) is 34.7 Å². The van der Waals surface area contributed by atoms with E-state index in [0.29, 0.717) is 0 Å². The molecule has 0 aliphatic heterocycles. The second kappa shape index (κ2) is 5.14. The van der Waals surface area contributed by atoms with E-state index in [9.17, 15) is 14.4 Å². The highest BCUT2D eigenvalue weighted by atomic mass is 16.6. The number of carbonyl (C=O) groups excluding carboxylic acids is 3. The summed E-state index contributed by atoms with van der Waals surface area (Å²) in [5.74, 6) is -1.47. The molecule has 1 aromatic heterocycles. The molecule has 108 valence electrons. The smallest absolute Gasteiger partial charge is 0.324 e. The topological polar surface area (TPSA) is 102 Å². The van der Waals surface area contributed by atoms with Crippen LogP contribution in [0.3, 0.4) is 0 Å². The highest BCUT2D eigenvalue weighted by molar-refractivity contribution is 6.24. The summed E-state index contributed by atoms with van der Waals surface area (Å²) in [6, 6.07) is 6.75. The largest absolute Gasteiger partial charge is 0.445 e. The minimum atomic E-state index is -1.24. The third-order valence-corrected chi connectivity index (χ3v) is 3.58. The Morgan fingerprint density at radius 3 is 2.76 bits per heavy atom. The van der Waals surface area contributed by atoms with Gasteiger partial charge < -0.3 is 15.5 Å². The summed E-state index contributed by atoms with van der Waals surface area (Å²) < 4.78 is 4.86. The second-order valence-electron chi connectivity index (χ2n) is 5.10. The number of ketones is 2. The molecular weight excluding hydrogens is 272 g/mol. The zero-order chi connectivity index (χ0) is 15.0. The van der Waals surface area contributed by atoms with Gasteiger partial charge in [0.25, 0.3) is 0 Å². The molecule has 6 heteroatoms. The number of rotatable bonds is 4. The molecule has 1 heterocycles. The molecule has 2 aromatic rings. The Labute approximate surface area is 120 Å². The summed E-state index contributed by atoms with van der Waals surface area (Å²) in [6.45, 7) is 0. The second-order valence-corrected chi connectivity index (χ2v) is 5.10. The fourth-order valence-electron chi connectivity index (χ4n) is 2.36. The van der Waals surface area contributed by atoms with Crippen molar-refractivity contribution in [3.63, 3.8) is 0 Å². The van der Waals surface area contributed by atoms with E-state index in [1.54, 1.807) is 6.20 Å². The number of hydrogen-bond acceptors (Lipinski definition) is 5. The Hall–Kier alpha value is -2.47. The van der Waals surface area contributed by atoms with Crippen LogP contribution in [0.1, 0.15) is 12.0 Å². The lowest BCUT2D eigenvalue weighted by molar-refractivity contribution is -0.168. The number of aromatic nitrogens is 1. The quantitative estimate of drug-likeness (QED) is 0.629. The fourth-order valence-corrected chi connectivity index (χ4v) is 2.36. The molecular formula is C15H14N2O4. The number of esters is 1. The van der Waals surface area contributed by atoms with E-state index in [1.165, 1.54) is 0 Å². The molecule has 0 radical (unpaired) electrons. The molecule has 3 rings (SSSR count). The van der Waals surface area contributed by atoms with Gasteiger partial charge >= 0.3 is 5.97 Å². The summed E-state index contributed by atoms with van der Waals surface area (Å²) in [5.41, 5.74) is 7.65. The summed E-state index contributed by atoms with van der Waals surface area (Å²) in [7, 11) is 0. The number of benzene rings is 1. The Morgan fingerprint density at radius 2 is 2.05 bits per heavy atom. The van der Waals surface area contributed by atoms with E-state index in [-0.39, 0.29) is 24.4 Å². The SMILES string of the molecule is N[C@@H](Cc1c[nH]c2ccccc12)C(=O)OC1C(=O)CC1=O. The lowest BCUT2D eigenvalue weighted by Crippen LogP contribution is -2.49. The van der Waals surface area contributed by atoms with E-state index in [4.69, 9.17) is 10.5 Å². The number of nitrogens with one attached hydrogen (secondary N) is 1. The van der Waals surface area contributed by atoms with Gasteiger partial charge in [-0.15, -0.1) is 0 Å². The van der Waals surface area contributed by atoms with E-state index in [1.807, 2.05) is 24.3 Å². The van der Waals surface area contributed by atoms with Crippen LogP contribution in [0.5, 0.6) is 0 Å². The summed E-state index contributed by atoms with van der Waals surface area (Å²) in [5, 5.41) is 0.983. The van der Waals surface area contributed by atoms with E-state index in [2.05, 4.69) is 4.98 Å². The molecule has 0 spiro atoms. The van der Waals surface area contributed by atoms with Gasteiger partial charge in [0.1, 0.15) is 6.04 Å². The first-order valence-electron chi connectivity index (χ1n) is 6.63. The number of aromatic amines is 1. The Balaban J connectivity index is 1.68. The predicted octanol–water partition coefficient (Wildman–Crippen LogP) is 0.491. The van der Waals surface area contributed by atoms with Crippen molar-refractivity contribution >= 4 is 28.4 Å². The molecule has 1 aromatic carbocycles. The van der Waals surface area contributed by atoms with Crippen LogP contribution in [0.2, 0.25) is 0 Å². The van der Waals surface area contributed by atoms with E-state index < -0.39 is 18.1 Å². The number of carbonyl (C=O) groups is 3. The van der Waals surface area contributed by atoms with Gasteiger partial charge in [-0.05, 0) is 11.6 Å². The van der Waals surface area contributed by atoms with Gasteiger partial charge in [0, 0.05) is 23.5 Å². The van der Waals surface area contributed by atoms with Crippen LogP contribution in [0, 0.1) is 0 Å². The number of fused-ring (bicyclic) bond motifs is 1. The van der Waals surface area contributed by atoms with Gasteiger partial charge in [0.05, 0.1) is 6.42 Å². The molecule has 1 aliphatic rings. The van der Waals surface area contributed by atoms with Gasteiger partial charge in [-0.3, -0.25) is 14.4 Å². The zero-order valence-corrected chi connectivity index (χ0v) is 11.2. The monoisotopic (exact) mass is 286 g/mol. The van der Waals surface area contributed by atoms with Crippen LogP contribution in [0.4, 0.5) is 0 Å². The van der Waals surface area contributed by atoms with Crippen molar-refractivity contribution in [3.8, 4) is 0 Å². The molecule has 0 amide bonds. The first-order chi connectivity index (χ1) is 10.1. The predicted molar refractivity (Wildman–Crippen MR) is 74.5 cm³/mol. The molecule has 0 saturated heterocycles. The van der Waals surface area contributed by atoms with E-state index >= 15 is 0 Å². The summed E-state index contributed by atoms with van der Waals surface area (Å²) >= 11 is 0. The van der Waals surface area contributed by atoms with Crippen LogP contribution in [0.15, 0.2) is 30.5 Å². The van der Waals surface area contributed by atoms with Crippen molar-refractivity contribution in [3.05, 3.63) is 36.0 Å². The maximum atomic E-state index is 11.8. The van der Waals surface area contributed by atoms with Crippen LogP contribution in [-0.2, 0) is 25.5 Å². The lowest BCUT2D eigenvalue weighted by atomic mass is 9.92. The van der Waals surface area contributed by atoms with Crippen molar-refractivity contribution < 1.29 is 19.1 Å². The molecule has 1 fully saturated rings. The average molecular weight is 286 g/mol. The molecule has 1 saturated carbocycles. The highest BCUT2D eigenvalue weighted by Crippen LogP contribution is 2.20. The third-order valence-electron chi connectivity index (χ3n) is 3.58. The number of H-pyrrole nitrogens is 1. The molecule has 6 nitrogen and oxygen atoms in total. The average Bonchev–Trinajstić information content (AvgIpc) is 2.88. The molecule has 0 unspecified atom stereocenters. The maximum Gasteiger partial charge on any atom is 0.324 e. The van der Waals surface area contributed by atoms with Crippen LogP contribution in [0.25, 0.3) is 10.9 Å². The zero-order valence-electron chi connectivity index (χ0n) is 11.2. The minimum absolute atomic E-state index is 0.157. The maximum absolute atomic E-state index is 11.8. The van der Waals surface area contributed by atoms with Gasteiger partial charge in [-0.25, -0.2) is 0 Å². The Bertz CT molecular complexity index is 720. The molecule has 3 N–H and O–H groups in total. The normalized spacial score (nSPS) is 16.8. The highest BCUT2D eigenvalue weighted by Gasteiger charge is 2.42. The van der Waals surface area contributed by atoms with Crippen LogP contribution >= 0.6 is 0 Å². The van der Waals surface area contributed by atoms with Gasteiger partial charge in [0.15, 0.2) is 11.6 Å². The molecule has 1 aliphatic carbocycles. The lowest BCUT2D eigenvalue weighted by Gasteiger charge is -2.23. The van der Waals surface area contributed by atoms with Crippen molar-refractivity contribution in [2.24, 2.45) is 5.73 Å². The number of Topliss-reactive ketones (excluding diaryl/α,β-unsaturated/α-hetero) is 2. The van der Waals surface area contributed by atoms with Crippen molar-refractivity contribution in [2.75, 3.05) is 0 Å². The molecule has 1 atom stereocenters. The number of nitrogens with two attached hydrogens (primary N) is 1. The van der Waals surface area contributed by atoms with Crippen molar-refractivity contribution in [1.29, 1.82) is 0 Å². The van der Waals surface area contributed by atoms with Gasteiger partial charge in [-0.1, -0.05) is 18.2 Å². The summed E-state index contributed by atoms with van der Waals surface area (Å²) in [4.78, 5) is 37.2. The van der Waals surface area contributed by atoms with Gasteiger partial charge in [-0.2, -0.15) is 0 Å². The molecule has 21 heavy (non-hydrogen) atoms. The first-order valence-corrected chi connectivity index (χ1v) is 6.63. The summed E-state index contributed by atoms with van der Waals surface area (Å²) in [6.07, 6.45) is 0.664. The van der Waals surface area contributed by atoms with Gasteiger partial charge in [0.2, 0.25) is 6.10 Å². The van der Waals surface area contributed by atoms with Crippen molar-refractivity contribution in [1.82, 2.24) is 4.98 Å². The number of para-hydroxylation sites is 1. The molecule has 0 bridgehead atoms. The number of ether oxygens (including phenoxy) is 1. The third kappa shape index (κ3) is 2.45. The fraction of sp³-hybridized carbons (Fsp3) is 0.267. The van der Waals surface area contributed by atoms with E-state index in [0.717, 1.165) is 16.5 Å². The number of hydrogen-bond donors (Lipinski definition) is 2. The Kier molecular flexibility index (Phi) is 3.31. The Morgan fingerprint density at radius 1 is 1.33 bits per heavy atom. The standard InChI is InChI=1S/C15H14N2O4/c16-10(15(20)21-14-12(18)6-13(14)19)5-8-7-17-11-4-2-1-3-9(8)11/h1-4,7,10,14,17H,5-6,16H2/t10-/m0/s1. The minimum Gasteiger partial charge on any atom is -0.445 e.